The van der Waals surface area contributed by atoms with Gasteiger partial charge in [-0.15, -0.1) is 13.2 Å². The lowest BCUT2D eigenvalue weighted by Crippen LogP contribution is -2.24. The van der Waals surface area contributed by atoms with Gasteiger partial charge in [0.15, 0.2) is 5.11 Å². The van der Waals surface area contributed by atoms with Crippen LogP contribution in [0.15, 0.2) is 71.8 Å². The van der Waals surface area contributed by atoms with E-state index in [1.54, 1.807) is 30.1 Å². The highest BCUT2D eigenvalue weighted by atomic mass is 32.1. The van der Waals surface area contributed by atoms with E-state index in [2.05, 4.69) is 25.7 Å². The van der Waals surface area contributed by atoms with Crippen molar-refractivity contribution >= 4 is 29.2 Å². The van der Waals surface area contributed by atoms with E-state index in [1.165, 1.54) is 12.1 Å². The number of anilines is 1. The third-order valence-corrected chi connectivity index (χ3v) is 6.11. The van der Waals surface area contributed by atoms with Crippen molar-refractivity contribution < 1.29 is 22.6 Å². The summed E-state index contributed by atoms with van der Waals surface area (Å²) >= 11 is 5.31. The zero-order chi connectivity index (χ0) is 26.9. The largest absolute Gasteiger partial charge is 0.573 e. The number of nitrogens with one attached hydrogen (secondary N) is 2. The second-order valence-electron chi connectivity index (χ2n) is 8.55. The lowest BCUT2D eigenvalue weighted by molar-refractivity contribution is -0.274. The van der Waals surface area contributed by atoms with E-state index in [9.17, 15) is 13.2 Å². The molecule has 1 aliphatic rings. The summed E-state index contributed by atoms with van der Waals surface area (Å²) in [6.45, 7) is 2.25. The van der Waals surface area contributed by atoms with Crippen LogP contribution in [0.5, 0.6) is 11.5 Å². The highest BCUT2D eigenvalue weighted by Crippen LogP contribution is 2.41. The number of rotatable bonds is 5. The zero-order valence-electron chi connectivity index (χ0n) is 20.3. The monoisotopic (exact) mass is 537 g/mol. The molecule has 0 atom stereocenters. The van der Waals surface area contributed by atoms with Gasteiger partial charge in [0, 0.05) is 29.4 Å². The van der Waals surface area contributed by atoms with Gasteiger partial charge in [0.2, 0.25) is 0 Å². The fourth-order valence-electron chi connectivity index (χ4n) is 4.21. The van der Waals surface area contributed by atoms with Gasteiger partial charge in [-0.25, -0.2) is 0 Å². The van der Waals surface area contributed by atoms with Crippen LogP contribution in [0.1, 0.15) is 16.7 Å². The lowest BCUT2D eigenvalue weighted by atomic mass is 9.98. The van der Waals surface area contributed by atoms with Crippen LogP contribution in [0.2, 0.25) is 0 Å². The van der Waals surface area contributed by atoms with Gasteiger partial charge in [0.1, 0.15) is 23.8 Å². The van der Waals surface area contributed by atoms with Crippen LogP contribution in [0.3, 0.4) is 0 Å². The molecule has 194 valence electrons. The molecule has 0 fully saturated rings. The molecule has 0 saturated heterocycles. The number of thiocarbonyl (C=S) groups is 1. The first-order valence-corrected chi connectivity index (χ1v) is 11.9. The van der Waals surface area contributed by atoms with Gasteiger partial charge in [-0.05, 0) is 72.7 Å². The number of alkyl halides is 3. The SMILES string of the molecule is Cc1ccccc1NC(=S)N/N=C/c1ccc2c(c1)OCc1c-2nn(C)c1-c1ccc(OC(F)(F)F)cc1. The summed E-state index contributed by atoms with van der Waals surface area (Å²) in [4.78, 5) is 0. The number of fused-ring (bicyclic) bond motifs is 3. The Hall–Kier alpha value is -4.38. The Labute approximate surface area is 221 Å². The van der Waals surface area contributed by atoms with E-state index < -0.39 is 6.36 Å². The third-order valence-electron chi connectivity index (χ3n) is 5.91. The van der Waals surface area contributed by atoms with E-state index in [0.717, 1.165) is 39.3 Å². The molecule has 2 heterocycles. The Morgan fingerprint density at radius 1 is 1.13 bits per heavy atom. The summed E-state index contributed by atoms with van der Waals surface area (Å²) in [5, 5.41) is 12.4. The van der Waals surface area contributed by atoms with Crippen molar-refractivity contribution in [3.05, 3.63) is 83.4 Å². The molecule has 38 heavy (non-hydrogen) atoms. The van der Waals surface area contributed by atoms with Gasteiger partial charge < -0.3 is 14.8 Å². The molecule has 4 aromatic rings. The van der Waals surface area contributed by atoms with Gasteiger partial charge >= 0.3 is 6.36 Å². The Balaban J connectivity index is 1.31. The number of hydrogen-bond donors (Lipinski definition) is 2. The topological polar surface area (TPSA) is 72.7 Å². The van der Waals surface area contributed by atoms with Gasteiger partial charge in [-0.3, -0.25) is 10.1 Å². The molecule has 5 rings (SSSR count). The van der Waals surface area contributed by atoms with E-state index in [-0.39, 0.29) is 12.4 Å². The van der Waals surface area contributed by atoms with Crippen LogP contribution in [-0.2, 0) is 13.7 Å². The normalized spacial score (nSPS) is 12.4. The van der Waals surface area contributed by atoms with Crippen LogP contribution >= 0.6 is 12.2 Å². The van der Waals surface area contributed by atoms with Crippen molar-refractivity contribution in [3.63, 3.8) is 0 Å². The van der Waals surface area contributed by atoms with Crippen LogP contribution < -0.4 is 20.2 Å². The van der Waals surface area contributed by atoms with E-state index in [1.807, 2.05) is 49.4 Å². The minimum Gasteiger partial charge on any atom is -0.488 e. The summed E-state index contributed by atoms with van der Waals surface area (Å²) in [7, 11) is 1.79. The summed E-state index contributed by atoms with van der Waals surface area (Å²) in [6.07, 6.45) is -3.10. The number of aryl methyl sites for hydroxylation is 2. The third kappa shape index (κ3) is 5.47. The van der Waals surface area contributed by atoms with Crippen molar-refractivity contribution in [1.29, 1.82) is 0 Å². The van der Waals surface area contributed by atoms with Crippen molar-refractivity contribution in [2.45, 2.75) is 19.9 Å². The van der Waals surface area contributed by atoms with Crippen molar-refractivity contribution in [2.75, 3.05) is 5.32 Å². The molecule has 1 aliphatic heterocycles. The first-order chi connectivity index (χ1) is 18.2. The number of halogens is 3. The molecule has 0 bridgehead atoms. The minimum absolute atomic E-state index is 0.260. The molecule has 0 saturated carbocycles. The van der Waals surface area contributed by atoms with E-state index in [0.29, 0.717) is 16.4 Å². The average molecular weight is 538 g/mol. The Bertz CT molecular complexity index is 1530. The Morgan fingerprint density at radius 2 is 1.89 bits per heavy atom. The van der Waals surface area contributed by atoms with Crippen LogP contribution in [0.4, 0.5) is 18.9 Å². The molecule has 0 unspecified atom stereocenters. The van der Waals surface area contributed by atoms with Crippen LogP contribution in [0.25, 0.3) is 22.5 Å². The molecule has 3 aromatic carbocycles. The molecule has 7 nitrogen and oxygen atoms in total. The maximum Gasteiger partial charge on any atom is 0.573 e. The highest BCUT2D eigenvalue weighted by Gasteiger charge is 2.31. The molecular formula is C27H22F3N5O2S. The molecule has 0 amide bonds. The average Bonchev–Trinajstić information content (AvgIpc) is 3.21. The number of benzene rings is 3. The van der Waals surface area contributed by atoms with Crippen LogP contribution in [0, 0.1) is 6.92 Å². The maximum absolute atomic E-state index is 12.5. The van der Waals surface area contributed by atoms with Gasteiger partial charge in [0.25, 0.3) is 0 Å². The first-order valence-electron chi connectivity index (χ1n) is 11.5. The minimum atomic E-state index is -4.74. The fraction of sp³-hybridized carbons (Fsp3) is 0.148. The molecule has 0 aliphatic carbocycles. The molecular weight excluding hydrogens is 515 g/mol. The van der Waals surface area contributed by atoms with Gasteiger partial charge in [-0.2, -0.15) is 10.2 Å². The number of ether oxygens (including phenoxy) is 2. The number of aromatic nitrogens is 2. The second-order valence-corrected chi connectivity index (χ2v) is 8.96. The second kappa shape index (κ2) is 10.2. The summed E-state index contributed by atoms with van der Waals surface area (Å²) in [6, 6.07) is 19.1. The predicted octanol–water partition coefficient (Wildman–Crippen LogP) is 6.17. The van der Waals surface area contributed by atoms with E-state index >= 15 is 0 Å². The Kier molecular flexibility index (Phi) is 6.77. The smallest absolute Gasteiger partial charge is 0.488 e. The van der Waals surface area contributed by atoms with Crippen molar-refractivity contribution in [3.8, 4) is 34.0 Å². The van der Waals surface area contributed by atoms with Crippen molar-refractivity contribution in [1.82, 2.24) is 15.2 Å². The molecule has 0 radical (unpaired) electrons. The summed E-state index contributed by atoms with van der Waals surface area (Å²) in [5.41, 5.74) is 9.45. The molecule has 0 spiro atoms. The number of hydrogen-bond acceptors (Lipinski definition) is 5. The number of para-hydroxylation sites is 1. The quantitative estimate of drug-likeness (QED) is 0.180. The zero-order valence-corrected chi connectivity index (χ0v) is 21.2. The fourth-order valence-corrected chi connectivity index (χ4v) is 4.37. The van der Waals surface area contributed by atoms with Crippen LogP contribution in [-0.4, -0.2) is 27.5 Å². The first kappa shape index (κ1) is 25.3. The van der Waals surface area contributed by atoms with Crippen molar-refractivity contribution in [2.24, 2.45) is 12.1 Å². The summed E-state index contributed by atoms with van der Waals surface area (Å²) in [5.74, 6) is 0.370. The number of nitrogens with zero attached hydrogens (tertiary/aromatic N) is 3. The number of hydrazone groups is 1. The maximum atomic E-state index is 12.5. The lowest BCUT2D eigenvalue weighted by Gasteiger charge is -2.18. The van der Waals surface area contributed by atoms with E-state index in [4.69, 9.17) is 17.0 Å². The van der Waals surface area contributed by atoms with Gasteiger partial charge in [0.05, 0.1) is 11.9 Å². The van der Waals surface area contributed by atoms with Gasteiger partial charge in [-0.1, -0.05) is 24.3 Å². The molecule has 11 heteroatoms. The standard InChI is InChI=1S/C27H22F3N5O2S/c1-16-5-3-4-6-22(16)32-26(38)33-31-14-17-7-12-20-23(13-17)36-15-21-24(20)34-35(2)25(21)18-8-10-19(11-9-18)37-27(28,29)30/h3-14H,15H2,1-2H3,(H2,32,33,38)/b31-14+. The molecule has 1 aromatic heterocycles. The molecule has 2 N–H and O–H groups in total. The predicted molar refractivity (Wildman–Crippen MR) is 143 cm³/mol. The highest BCUT2D eigenvalue weighted by molar-refractivity contribution is 7.80. The summed E-state index contributed by atoms with van der Waals surface area (Å²) < 4.78 is 49.2. The Morgan fingerprint density at radius 3 is 2.63 bits per heavy atom.